The van der Waals surface area contributed by atoms with Gasteiger partial charge in [-0.05, 0) is 42.4 Å². The molecule has 15 heavy (non-hydrogen) atoms. The van der Waals surface area contributed by atoms with E-state index in [0.29, 0.717) is 11.5 Å². The Balaban J connectivity index is 1.94. The molecule has 4 atom stereocenters. The molecule has 0 saturated heterocycles. The van der Waals surface area contributed by atoms with Crippen molar-refractivity contribution in [2.24, 2.45) is 29.0 Å². The van der Waals surface area contributed by atoms with Gasteiger partial charge in [0.15, 0.2) is 0 Å². The molecule has 0 bridgehead atoms. The van der Waals surface area contributed by atoms with Crippen molar-refractivity contribution in [3.8, 4) is 0 Å². The van der Waals surface area contributed by atoms with Crippen LogP contribution in [0, 0.1) is 23.2 Å². The number of hydrogen-bond donors (Lipinski definition) is 2. The van der Waals surface area contributed by atoms with E-state index in [2.05, 4.69) is 26.2 Å². The van der Waals surface area contributed by atoms with Crippen LogP contribution in [0.15, 0.2) is 0 Å². The highest BCUT2D eigenvalue weighted by Gasteiger charge is 2.51. The maximum absolute atomic E-state index is 5.76. The van der Waals surface area contributed by atoms with Crippen LogP contribution in [0.4, 0.5) is 0 Å². The van der Waals surface area contributed by atoms with Crippen molar-refractivity contribution in [2.45, 2.75) is 58.9 Å². The van der Waals surface area contributed by atoms with Crippen molar-refractivity contribution < 1.29 is 0 Å². The molecule has 2 fully saturated rings. The van der Waals surface area contributed by atoms with Crippen molar-refractivity contribution in [3.05, 3.63) is 0 Å². The molecule has 2 heteroatoms. The van der Waals surface area contributed by atoms with E-state index in [1.54, 1.807) is 0 Å². The first-order valence-corrected chi connectivity index (χ1v) is 6.50. The molecular weight excluding hydrogens is 184 g/mol. The van der Waals surface area contributed by atoms with Crippen molar-refractivity contribution >= 4 is 0 Å². The van der Waals surface area contributed by atoms with Crippen LogP contribution in [0.5, 0.6) is 0 Å². The normalized spacial score (nSPS) is 41.2. The van der Waals surface area contributed by atoms with Crippen LogP contribution in [-0.4, -0.2) is 6.04 Å². The van der Waals surface area contributed by atoms with Gasteiger partial charge in [0.1, 0.15) is 0 Å². The average Bonchev–Trinajstić information content (AvgIpc) is 2.76. The van der Waals surface area contributed by atoms with E-state index in [1.165, 1.54) is 32.1 Å². The van der Waals surface area contributed by atoms with Crippen LogP contribution < -0.4 is 11.3 Å². The van der Waals surface area contributed by atoms with Crippen LogP contribution in [0.2, 0.25) is 0 Å². The lowest BCUT2D eigenvalue weighted by Crippen LogP contribution is -2.44. The van der Waals surface area contributed by atoms with E-state index < -0.39 is 0 Å². The van der Waals surface area contributed by atoms with Crippen LogP contribution in [0.1, 0.15) is 52.9 Å². The molecule has 0 aromatic rings. The summed E-state index contributed by atoms with van der Waals surface area (Å²) in [5, 5.41) is 0. The Hall–Kier alpha value is -0.0800. The average molecular weight is 210 g/mol. The van der Waals surface area contributed by atoms with Gasteiger partial charge in [-0.2, -0.15) is 0 Å². The summed E-state index contributed by atoms with van der Waals surface area (Å²) in [5.74, 6) is 8.31. The molecule has 2 aliphatic carbocycles. The molecule has 2 saturated carbocycles. The van der Waals surface area contributed by atoms with Gasteiger partial charge in [-0.25, -0.2) is 0 Å². The Bertz CT molecular complexity index is 225. The molecule has 0 spiro atoms. The summed E-state index contributed by atoms with van der Waals surface area (Å²) in [6, 6.07) is 0.572. The topological polar surface area (TPSA) is 38.0 Å². The van der Waals surface area contributed by atoms with Gasteiger partial charge >= 0.3 is 0 Å². The molecule has 0 heterocycles. The van der Waals surface area contributed by atoms with Gasteiger partial charge in [-0.15, -0.1) is 0 Å². The summed E-state index contributed by atoms with van der Waals surface area (Å²) in [6.45, 7) is 7.13. The first-order valence-electron chi connectivity index (χ1n) is 6.50. The molecule has 0 aromatic carbocycles. The predicted octanol–water partition coefficient (Wildman–Crippen LogP) is 2.69. The fraction of sp³-hybridized carbons (Fsp3) is 1.00. The fourth-order valence-electron chi connectivity index (χ4n) is 3.51. The van der Waals surface area contributed by atoms with E-state index in [9.17, 15) is 0 Å². The third-order valence-corrected chi connectivity index (χ3v) is 4.70. The van der Waals surface area contributed by atoms with Crippen LogP contribution in [0.25, 0.3) is 0 Å². The second-order valence-electron chi connectivity index (χ2n) is 6.52. The van der Waals surface area contributed by atoms with Crippen molar-refractivity contribution in [1.82, 2.24) is 5.43 Å². The number of rotatable bonds is 3. The van der Waals surface area contributed by atoms with Crippen molar-refractivity contribution in [2.75, 3.05) is 0 Å². The number of nitrogens with two attached hydrogens (primary N) is 1. The zero-order valence-corrected chi connectivity index (χ0v) is 10.4. The highest BCUT2D eigenvalue weighted by molar-refractivity contribution is 5.03. The second kappa shape index (κ2) is 4.06. The zero-order valence-electron chi connectivity index (χ0n) is 10.4. The summed E-state index contributed by atoms with van der Waals surface area (Å²) >= 11 is 0. The molecule has 2 aliphatic rings. The highest BCUT2D eigenvalue weighted by atomic mass is 15.2. The third kappa shape index (κ3) is 2.36. The minimum Gasteiger partial charge on any atom is -0.271 e. The summed E-state index contributed by atoms with van der Waals surface area (Å²) in [6.07, 6.45) is 6.93. The largest absolute Gasteiger partial charge is 0.271 e. The monoisotopic (exact) mass is 210 g/mol. The minimum atomic E-state index is 0.539. The minimum absolute atomic E-state index is 0.539. The summed E-state index contributed by atoms with van der Waals surface area (Å²) in [7, 11) is 0. The number of hydrazine groups is 1. The molecule has 0 aromatic heterocycles. The van der Waals surface area contributed by atoms with Gasteiger partial charge in [0, 0.05) is 6.04 Å². The Morgan fingerprint density at radius 1 is 1.33 bits per heavy atom. The zero-order chi connectivity index (χ0) is 11.1. The smallest absolute Gasteiger partial charge is 0.0272 e. The van der Waals surface area contributed by atoms with Crippen LogP contribution >= 0.6 is 0 Å². The predicted molar refractivity (Wildman–Crippen MR) is 64.1 cm³/mol. The van der Waals surface area contributed by atoms with Gasteiger partial charge in [-0.3, -0.25) is 11.3 Å². The summed E-state index contributed by atoms with van der Waals surface area (Å²) < 4.78 is 0. The molecule has 0 aliphatic heterocycles. The van der Waals surface area contributed by atoms with E-state index in [-0.39, 0.29) is 0 Å². The first-order chi connectivity index (χ1) is 7.04. The maximum Gasteiger partial charge on any atom is 0.0272 e. The summed E-state index contributed by atoms with van der Waals surface area (Å²) in [4.78, 5) is 0. The lowest BCUT2D eigenvalue weighted by Gasteiger charge is -2.33. The van der Waals surface area contributed by atoms with Gasteiger partial charge in [0.25, 0.3) is 0 Å². The molecule has 0 radical (unpaired) electrons. The second-order valence-corrected chi connectivity index (χ2v) is 6.52. The molecule has 2 nitrogen and oxygen atoms in total. The van der Waals surface area contributed by atoms with Gasteiger partial charge < -0.3 is 0 Å². The molecule has 0 amide bonds. The molecular formula is C13H26N2. The lowest BCUT2D eigenvalue weighted by atomic mass is 9.76. The van der Waals surface area contributed by atoms with Gasteiger partial charge in [0.05, 0.1) is 0 Å². The van der Waals surface area contributed by atoms with E-state index in [1.807, 2.05) is 0 Å². The fourth-order valence-corrected chi connectivity index (χ4v) is 3.51. The van der Waals surface area contributed by atoms with Gasteiger partial charge in [-0.1, -0.05) is 33.6 Å². The Morgan fingerprint density at radius 3 is 2.47 bits per heavy atom. The summed E-state index contributed by atoms with van der Waals surface area (Å²) in [5.41, 5.74) is 3.65. The quantitative estimate of drug-likeness (QED) is 0.555. The van der Waals surface area contributed by atoms with Crippen molar-refractivity contribution in [1.29, 1.82) is 0 Å². The molecule has 3 N–H and O–H groups in total. The Kier molecular flexibility index (Phi) is 3.09. The van der Waals surface area contributed by atoms with Crippen LogP contribution in [-0.2, 0) is 0 Å². The maximum atomic E-state index is 5.76. The lowest BCUT2D eigenvalue weighted by molar-refractivity contribution is 0.197. The number of hydrogen-bond acceptors (Lipinski definition) is 2. The van der Waals surface area contributed by atoms with E-state index in [4.69, 9.17) is 5.84 Å². The van der Waals surface area contributed by atoms with Gasteiger partial charge in [0.2, 0.25) is 0 Å². The Morgan fingerprint density at radius 2 is 2.00 bits per heavy atom. The van der Waals surface area contributed by atoms with E-state index >= 15 is 0 Å². The molecule has 88 valence electrons. The SMILES string of the molecule is CC1CCCC(C(NN)C2CC2(C)C)C1. The van der Waals surface area contributed by atoms with Crippen LogP contribution in [0.3, 0.4) is 0 Å². The highest BCUT2D eigenvalue weighted by Crippen LogP contribution is 2.55. The van der Waals surface area contributed by atoms with Crippen molar-refractivity contribution in [3.63, 3.8) is 0 Å². The number of nitrogens with one attached hydrogen (secondary N) is 1. The molecule has 4 unspecified atom stereocenters. The van der Waals surface area contributed by atoms with E-state index in [0.717, 1.165) is 17.8 Å². The Labute approximate surface area is 94.0 Å². The first kappa shape index (κ1) is 11.4. The standard InChI is InChI=1S/C13H26N2/c1-9-5-4-6-10(7-9)12(15-14)11-8-13(11,2)3/h9-12,15H,4-8,14H2,1-3H3. The third-order valence-electron chi connectivity index (χ3n) is 4.70. The molecule has 2 rings (SSSR count).